The Hall–Kier alpha value is -1.51. The van der Waals surface area contributed by atoms with E-state index in [9.17, 15) is 0 Å². The third-order valence-corrected chi connectivity index (χ3v) is 2.46. The molecule has 0 saturated carbocycles. The van der Waals surface area contributed by atoms with Crippen LogP contribution in [0.4, 0.5) is 11.4 Å². The first-order valence-electron chi connectivity index (χ1n) is 4.71. The molecule has 0 radical (unpaired) electrons. The van der Waals surface area contributed by atoms with E-state index in [1.807, 2.05) is 20.3 Å². The highest BCUT2D eigenvalue weighted by Crippen LogP contribution is 2.25. The van der Waals surface area contributed by atoms with Crippen LogP contribution in [0.25, 0.3) is 0 Å². The van der Waals surface area contributed by atoms with Crippen molar-refractivity contribution < 1.29 is 0 Å². The minimum Gasteiger partial charge on any atom is -0.378 e. The van der Waals surface area contributed by atoms with E-state index in [1.54, 1.807) is 0 Å². The summed E-state index contributed by atoms with van der Waals surface area (Å²) in [5, 5.41) is 0. The van der Waals surface area contributed by atoms with Gasteiger partial charge in [0, 0.05) is 44.3 Å². The molecule has 74 valence electrons. The predicted molar refractivity (Wildman–Crippen MR) is 61.6 cm³/mol. The minimum absolute atomic E-state index is 0.758. The molecule has 0 atom stereocenters. The van der Waals surface area contributed by atoms with Crippen LogP contribution in [0, 0.1) is 0 Å². The summed E-state index contributed by atoms with van der Waals surface area (Å²) in [6.07, 6.45) is 1.95. The van der Waals surface area contributed by atoms with Crippen LogP contribution < -0.4 is 9.80 Å². The zero-order valence-corrected chi connectivity index (χ0v) is 8.86. The molecule has 0 N–H and O–H groups in total. The van der Waals surface area contributed by atoms with Crippen molar-refractivity contribution in [1.29, 1.82) is 0 Å². The molecule has 1 heterocycles. The van der Waals surface area contributed by atoms with Crippen LogP contribution in [0.1, 0.15) is 5.56 Å². The van der Waals surface area contributed by atoms with Crippen LogP contribution >= 0.6 is 0 Å². The van der Waals surface area contributed by atoms with Gasteiger partial charge in [0.25, 0.3) is 0 Å². The first-order chi connectivity index (χ1) is 6.68. The highest BCUT2D eigenvalue weighted by molar-refractivity contribution is 5.91. The number of hydrogen-bond acceptors (Lipinski definition) is 3. The lowest BCUT2D eigenvalue weighted by atomic mass is 10.1. The Bertz CT molecular complexity index is 369. The molecule has 0 saturated heterocycles. The molecule has 0 aromatic heterocycles. The van der Waals surface area contributed by atoms with Crippen molar-refractivity contribution in [3.05, 3.63) is 23.8 Å². The summed E-state index contributed by atoms with van der Waals surface area (Å²) >= 11 is 0. The fourth-order valence-corrected chi connectivity index (χ4v) is 1.61. The highest BCUT2D eigenvalue weighted by Gasteiger charge is 2.10. The molecule has 3 nitrogen and oxygen atoms in total. The van der Waals surface area contributed by atoms with Crippen LogP contribution in [0.3, 0.4) is 0 Å². The predicted octanol–water partition coefficient (Wildman–Crippen LogP) is 1.58. The van der Waals surface area contributed by atoms with Crippen LogP contribution in [0.15, 0.2) is 23.2 Å². The number of nitrogens with zero attached hydrogens (tertiary/aromatic N) is 3. The lowest BCUT2D eigenvalue weighted by Gasteiger charge is -2.24. The smallest absolute Gasteiger partial charge is 0.109 e. The van der Waals surface area contributed by atoms with Crippen LogP contribution in [-0.4, -0.2) is 34.0 Å². The second kappa shape index (κ2) is 3.33. The van der Waals surface area contributed by atoms with Crippen molar-refractivity contribution in [3.8, 4) is 0 Å². The van der Waals surface area contributed by atoms with Crippen molar-refractivity contribution in [2.45, 2.75) is 0 Å². The highest BCUT2D eigenvalue weighted by atomic mass is 15.2. The average molecular weight is 189 g/mol. The Morgan fingerprint density at radius 1 is 1.36 bits per heavy atom. The number of aliphatic imine (C=N–C) groups is 1. The maximum atomic E-state index is 4.28. The molecule has 2 rings (SSSR count). The monoisotopic (exact) mass is 189 g/mol. The van der Waals surface area contributed by atoms with Gasteiger partial charge in [0.2, 0.25) is 0 Å². The maximum absolute atomic E-state index is 4.28. The number of rotatable bonds is 1. The second-order valence-corrected chi connectivity index (χ2v) is 3.79. The Labute approximate surface area is 84.7 Å². The van der Waals surface area contributed by atoms with E-state index in [1.165, 1.54) is 16.9 Å². The summed E-state index contributed by atoms with van der Waals surface area (Å²) in [4.78, 5) is 8.53. The molecule has 0 amide bonds. The van der Waals surface area contributed by atoms with Crippen molar-refractivity contribution >= 4 is 17.6 Å². The van der Waals surface area contributed by atoms with Gasteiger partial charge in [-0.25, -0.2) is 0 Å². The van der Waals surface area contributed by atoms with Gasteiger partial charge in [-0.05, 0) is 18.2 Å². The Morgan fingerprint density at radius 2 is 2.14 bits per heavy atom. The summed E-state index contributed by atoms with van der Waals surface area (Å²) in [7, 11) is 6.15. The molecule has 0 fully saturated rings. The van der Waals surface area contributed by atoms with Crippen molar-refractivity contribution in [1.82, 2.24) is 0 Å². The molecule has 14 heavy (non-hydrogen) atoms. The number of hydrogen-bond donors (Lipinski definition) is 0. The molecule has 1 aromatic carbocycles. The van der Waals surface area contributed by atoms with Crippen molar-refractivity contribution in [2.24, 2.45) is 4.99 Å². The summed E-state index contributed by atoms with van der Waals surface area (Å²) < 4.78 is 0. The topological polar surface area (TPSA) is 18.8 Å². The molecule has 0 bridgehead atoms. The zero-order chi connectivity index (χ0) is 10.1. The molecule has 1 aromatic rings. The van der Waals surface area contributed by atoms with E-state index in [0.29, 0.717) is 0 Å². The largest absolute Gasteiger partial charge is 0.378 e. The van der Waals surface area contributed by atoms with Crippen LogP contribution in [0.5, 0.6) is 0 Å². The lowest BCUT2D eigenvalue weighted by molar-refractivity contribution is 0.922. The van der Waals surface area contributed by atoms with E-state index < -0.39 is 0 Å². The normalized spacial score (nSPS) is 14.1. The fourth-order valence-electron chi connectivity index (χ4n) is 1.61. The number of fused-ring (bicyclic) bond motifs is 1. The van der Waals surface area contributed by atoms with Crippen LogP contribution in [-0.2, 0) is 0 Å². The summed E-state index contributed by atoms with van der Waals surface area (Å²) in [5.74, 6) is 0. The second-order valence-electron chi connectivity index (χ2n) is 3.79. The third-order valence-electron chi connectivity index (χ3n) is 2.46. The van der Waals surface area contributed by atoms with Gasteiger partial charge in [-0.15, -0.1) is 0 Å². The lowest BCUT2D eigenvalue weighted by Crippen LogP contribution is -2.22. The SMILES string of the molecule is CN(C)c1ccc2c(c1)C=NCN2C. The maximum Gasteiger partial charge on any atom is 0.109 e. The van der Waals surface area contributed by atoms with Gasteiger partial charge in [-0.2, -0.15) is 0 Å². The first kappa shape index (κ1) is 9.06. The molecule has 1 aliphatic heterocycles. The molecule has 0 aliphatic carbocycles. The molecular weight excluding hydrogens is 174 g/mol. The Kier molecular flexibility index (Phi) is 2.15. The Morgan fingerprint density at radius 3 is 2.86 bits per heavy atom. The first-order valence-corrected chi connectivity index (χ1v) is 4.71. The van der Waals surface area contributed by atoms with Gasteiger partial charge in [-0.1, -0.05) is 0 Å². The quantitative estimate of drug-likeness (QED) is 0.668. The van der Waals surface area contributed by atoms with Crippen molar-refractivity contribution in [3.63, 3.8) is 0 Å². The van der Waals surface area contributed by atoms with Gasteiger partial charge in [0.15, 0.2) is 0 Å². The minimum atomic E-state index is 0.758. The van der Waals surface area contributed by atoms with Gasteiger partial charge >= 0.3 is 0 Å². The summed E-state index contributed by atoms with van der Waals surface area (Å²) in [6.45, 7) is 0.758. The van der Waals surface area contributed by atoms with Gasteiger partial charge in [0.1, 0.15) is 6.67 Å². The van der Waals surface area contributed by atoms with Crippen LogP contribution in [0.2, 0.25) is 0 Å². The van der Waals surface area contributed by atoms with E-state index in [-0.39, 0.29) is 0 Å². The third kappa shape index (κ3) is 1.45. The van der Waals surface area contributed by atoms with E-state index in [4.69, 9.17) is 0 Å². The van der Waals surface area contributed by atoms with Gasteiger partial charge in [0.05, 0.1) is 0 Å². The Balaban J connectivity index is 2.45. The standard InChI is InChI=1S/C11H15N3/c1-13(2)10-4-5-11-9(6-10)7-12-8-14(11)3/h4-7H,8H2,1-3H3. The molecule has 3 heteroatoms. The molecule has 1 aliphatic rings. The van der Waals surface area contributed by atoms with E-state index in [0.717, 1.165) is 6.67 Å². The van der Waals surface area contributed by atoms with Crippen molar-refractivity contribution in [2.75, 3.05) is 37.6 Å². The molecular formula is C11H15N3. The average Bonchev–Trinajstić information content (AvgIpc) is 2.17. The molecule has 0 spiro atoms. The number of anilines is 2. The van der Waals surface area contributed by atoms with E-state index >= 15 is 0 Å². The van der Waals surface area contributed by atoms with Gasteiger partial charge < -0.3 is 9.80 Å². The molecule has 0 unspecified atom stereocenters. The zero-order valence-electron chi connectivity index (χ0n) is 8.86. The summed E-state index contributed by atoms with van der Waals surface area (Å²) in [6, 6.07) is 6.44. The van der Waals surface area contributed by atoms with E-state index in [2.05, 4.69) is 40.0 Å². The van der Waals surface area contributed by atoms with Gasteiger partial charge in [-0.3, -0.25) is 4.99 Å². The fraction of sp³-hybridized carbons (Fsp3) is 0.364. The summed E-state index contributed by atoms with van der Waals surface area (Å²) in [5.41, 5.74) is 3.67. The number of benzene rings is 1.